The van der Waals surface area contributed by atoms with E-state index in [0.29, 0.717) is 23.7 Å². The molecule has 0 unspecified atom stereocenters. The van der Waals surface area contributed by atoms with Crippen LogP contribution in [-0.4, -0.2) is 31.7 Å². The molecule has 148 valence electrons. The zero-order valence-electron chi connectivity index (χ0n) is 16.3. The third-order valence-electron chi connectivity index (χ3n) is 4.47. The van der Waals surface area contributed by atoms with E-state index in [1.165, 1.54) is 31.4 Å². The number of hydrogen-bond acceptors (Lipinski definition) is 5. The number of carbonyl (C=O) groups excluding carboxylic acids is 1. The Hall–Kier alpha value is -3.92. The van der Waals surface area contributed by atoms with Gasteiger partial charge in [-0.15, -0.1) is 0 Å². The van der Waals surface area contributed by atoms with Gasteiger partial charge in [-0.25, -0.2) is 0 Å². The Kier molecular flexibility index (Phi) is 6.38. The predicted octanol–water partition coefficient (Wildman–Crippen LogP) is 3.36. The first-order chi connectivity index (χ1) is 14.2. The number of nitriles is 1. The first-order valence-corrected chi connectivity index (χ1v) is 9.08. The van der Waals surface area contributed by atoms with Crippen molar-refractivity contribution >= 4 is 22.5 Å². The summed E-state index contributed by atoms with van der Waals surface area (Å²) in [6.45, 7) is 0.594. The number of nitrogens with one attached hydrogen (secondary N) is 3. The first kappa shape index (κ1) is 19.8. The Morgan fingerprint density at radius 1 is 1.17 bits per heavy atom. The lowest BCUT2D eigenvalue weighted by molar-refractivity contribution is -0.112. The zero-order chi connectivity index (χ0) is 20.6. The second kappa shape index (κ2) is 9.33. The van der Waals surface area contributed by atoms with Gasteiger partial charge in [-0.05, 0) is 30.2 Å². The van der Waals surface area contributed by atoms with E-state index in [1.54, 1.807) is 18.2 Å². The number of fused-ring (bicyclic) bond motifs is 1. The molecule has 0 saturated carbocycles. The molecule has 7 nitrogen and oxygen atoms in total. The van der Waals surface area contributed by atoms with Crippen LogP contribution in [0.3, 0.4) is 0 Å². The average molecular weight is 390 g/mol. The number of methoxy groups -OCH3 is 2. The predicted molar refractivity (Wildman–Crippen MR) is 112 cm³/mol. The molecule has 1 heterocycles. The van der Waals surface area contributed by atoms with Gasteiger partial charge in [0.2, 0.25) is 0 Å². The van der Waals surface area contributed by atoms with E-state index in [1.807, 2.05) is 30.5 Å². The molecule has 0 spiro atoms. The van der Waals surface area contributed by atoms with Crippen molar-refractivity contribution in [2.75, 3.05) is 26.1 Å². The van der Waals surface area contributed by atoms with Crippen LogP contribution in [0.1, 0.15) is 5.56 Å². The van der Waals surface area contributed by atoms with E-state index < -0.39 is 5.91 Å². The normalized spacial score (nSPS) is 11.0. The van der Waals surface area contributed by atoms with Crippen molar-refractivity contribution in [1.82, 2.24) is 10.3 Å². The maximum absolute atomic E-state index is 12.4. The van der Waals surface area contributed by atoms with E-state index in [9.17, 15) is 10.1 Å². The van der Waals surface area contributed by atoms with Gasteiger partial charge >= 0.3 is 0 Å². The van der Waals surface area contributed by atoms with Gasteiger partial charge in [0.25, 0.3) is 5.91 Å². The number of H-pyrrole nitrogens is 1. The van der Waals surface area contributed by atoms with Crippen LogP contribution in [-0.2, 0) is 11.2 Å². The van der Waals surface area contributed by atoms with E-state index in [4.69, 9.17) is 9.47 Å². The van der Waals surface area contributed by atoms with Gasteiger partial charge in [0.15, 0.2) is 11.5 Å². The molecule has 3 N–H and O–H groups in total. The van der Waals surface area contributed by atoms with Gasteiger partial charge < -0.3 is 25.1 Å². The topological polar surface area (TPSA) is 99.2 Å². The number of para-hydroxylation sites is 1. The Bertz CT molecular complexity index is 1080. The third kappa shape index (κ3) is 4.68. The van der Waals surface area contributed by atoms with Crippen LogP contribution in [0.2, 0.25) is 0 Å². The van der Waals surface area contributed by atoms with Crippen molar-refractivity contribution in [1.29, 1.82) is 5.26 Å². The number of rotatable bonds is 8. The number of aromatic amines is 1. The molecule has 3 aromatic rings. The molecule has 0 atom stereocenters. The highest BCUT2D eigenvalue weighted by Crippen LogP contribution is 2.29. The molecule has 1 amide bonds. The minimum atomic E-state index is -0.501. The summed E-state index contributed by atoms with van der Waals surface area (Å²) in [4.78, 5) is 15.6. The lowest BCUT2D eigenvalue weighted by atomic mass is 10.1. The number of carbonyl (C=O) groups is 1. The SMILES string of the molecule is COc1ccc(NC(=O)/C(C#N)=C\NCCc2c[nH]c3ccccc23)cc1OC. The first-order valence-electron chi connectivity index (χ1n) is 9.08. The Balaban J connectivity index is 1.59. The molecular weight excluding hydrogens is 368 g/mol. The summed E-state index contributed by atoms with van der Waals surface area (Å²) in [6, 6.07) is 15.0. The van der Waals surface area contributed by atoms with Gasteiger partial charge in [-0.3, -0.25) is 4.79 Å². The Morgan fingerprint density at radius 3 is 2.72 bits per heavy atom. The van der Waals surface area contributed by atoms with Crippen molar-refractivity contribution < 1.29 is 14.3 Å². The number of hydrogen-bond donors (Lipinski definition) is 3. The number of aromatic nitrogens is 1. The van der Waals surface area contributed by atoms with Crippen LogP contribution < -0.4 is 20.1 Å². The molecule has 29 heavy (non-hydrogen) atoms. The smallest absolute Gasteiger partial charge is 0.267 e. The monoisotopic (exact) mass is 390 g/mol. The fourth-order valence-corrected chi connectivity index (χ4v) is 2.98. The summed E-state index contributed by atoms with van der Waals surface area (Å²) in [5, 5.41) is 16.2. The van der Waals surface area contributed by atoms with Crippen LogP contribution in [0.15, 0.2) is 60.4 Å². The van der Waals surface area contributed by atoms with Gasteiger partial charge in [0, 0.05) is 41.6 Å². The van der Waals surface area contributed by atoms with Crippen LogP contribution in [0.25, 0.3) is 10.9 Å². The number of anilines is 1. The summed E-state index contributed by atoms with van der Waals surface area (Å²) in [7, 11) is 3.05. The lowest BCUT2D eigenvalue weighted by Gasteiger charge is -2.10. The molecule has 0 aliphatic rings. The molecule has 0 aliphatic carbocycles. The molecule has 0 radical (unpaired) electrons. The summed E-state index contributed by atoms with van der Waals surface area (Å²) < 4.78 is 10.4. The molecule has 0 fully saturated rings. The summed E-state index contributed by atoms with van der Waals surface area (Å²) in [5.41, 5.74) is 2.76. The van der Waals surface area contributed by atoms with Crippen LogP contribution >= 0.6 is 0 Å². The number of amides is 1. The average Bonchev–Trinajstić information content (AvgIpc) is 3.16. The Labute approximate surface area is 168 Å². The summed E-state index contributed by atoms with van der Waals surface area (Å²) >= 11 is 0. The zero-order valence-corrected chi connectivity index (χ0v) is 16.3. The molecule has 3 rings (SSSR count). The number of benzene rings is 2. The maximum atomic E-state index is 12.4. The highest BCUT2D eigenvalue weighted by atomic mass is 16.5. The second-order valence-corrected chi connectivity index (χ2v) is 6.26. The Morgan fingerprint density at radius 2 is 1.97 bits per heavy atom. The molecule has 2 aromatic carbocycles. The van der Waals surface area contributed by atoms with Crippen LogP contribution in [0.5, 0.6) is 11.5 Å². The minimum absolute atomic E-state index is 0.0151. The van der Waals surface area contributed by atoms with E-state index in [2.05, 4.69) is 21.7 Å². The van der Waals surface area contributed by atoms with Gasteiger partial charge in [0.1, 0.15) is 11.6 Å². The van der Waals surface area contributed by atoms with Crippen molar-refractivity contribution in [2.45, 2.75) is 6.42 Å². The lowest BCUT2D eigenvalue weighted by Crippen LogP contribution is -2.18. The fourth-order valence-electron chi connectivity index (χ4n) is 2.98. The van der Waals surface area contributed by atoms with Crippen LogP contribution in [0, 0.1) is 11.3 Å². The highest BCUT2D eigenvalue weighted by molar-refractivity contribution is 6.06. The quantitative estimate of drug-likeness (QED) is 0.311. The highest BCUT2D eigenvalue weighted by Gasteiger charge is 2.11. The van der Waals surface area contributed by atoms with Gasteiger partial charge in [-0.1, -0.05) is 18.2 Å². The number of nitrogens with zero attached hydrogens (tertiary/aromatic N) is 1. The molecular formula is C22H22N4O3. The summed E-state index contributed by atoms with van der Waals surface area (Å²) in [5.74, 6) is 0.546. The van der Waals surface area contributed by atoms with Gasteiger partial charge in [0.05, 0.1) is 14.2 Å². The van der Waals surface area contributed by atoms with E-state index in [0.717, 1.165) is 11.9 Å². The van der Waals surface area contributed by atoms with Crippen LogP contribution in [0.4, 0.5) is 5.69 Å². The molecule has 1 aromatic heterocycles. The van der Waals surface area contributed by atoms with Crippen molar-refractivity contribution in [3.05, 3.63) is 66.0 Å². The number of ether oxygens (including phenoxy) is 2. The minimum Gasteiger partial charge on any atom is -0.493 e. The molecule has 7 heteroatoms. The van der Waals surface area contributed by atoms with Crippen molar-refractivity contribution in [3.8, 4) is 17.6 Å². The third-order valence-corrected chi connectivity index (χ3v) is 4.47. The van der Waals surface area contributed by atoms with Gasteiger partial charge in [-0.2, -0.15) is 5.26 Å². The molecule has 0 saturated heterocycles. The van der Waals surface area contributed by atoms with E-state index >= 15 is 0 Å². The summed E-state index contributed by atoms with van der Waals surface area (Å²) in [6.07, 6.45) is 4.17. The fraction of sp³-hybridized carbons (Fsp3) is 0.182. The van der Waals surface area contributed by atoms with Crippen molar-refractivity contribution in [3.63, 3.8) is 0 Å². The molecule has 0 aliphatic heterocycles. The second-order valence-electron chi connectivity index (χ2n) is 6.26. The largest absolute Gasteiger partial charge is 0.493 e. The maximum Gasteiger partial charge on any atom is 0.267 e. The van der Waals surface area contributed by atoms with E-state index in [-0.39, 0.29) is 5.57 Å². The van der Waals surface area contributed by atoms with Crippen molar-refractivity contribution in [2.24, 2.45) is 0 Å². The molecule has 0 bridgehead atoms. The standard InChI is InChI=1S/C22H22N4O3/c1-28-20-8-7-17(11-21(20)29-2)26-22(27)16(12-23)13-24-10-9-15-14-25-19-6-4-3-5-18(15)19/h3-8,11,13-14,24-25H,9-10H2,1-2H3,(H,26,27)/b16-13-.